The Balaban J connectivity index is 1.37. The van der Waals surface area contributed by atoms with Crippen molar-refractivity contribution in [2.75, 3.05) is 0 Å². The summed E-state index contributed by atoms with van der Waals surface area (Å²) in [5, 5.41) is 7.33. The van der Waals surface area contributed by atoms with Gasteiger partial charge in [0.2, 0.25) is 0 Å². The second kappa shape index (κ2) is 8.20. The molecule has 0 radical (unpaired) electrons. The third-order valence-electron chi connectivity index (χ3n) is 7.57. The summed E-state index contributed by atoms with van der Waals surface area (Å²) in [4.78, 5) is 10.3. The molecule has 0 unspecified atom stereocenters. The standard InChI is InChI=1S/C35H22N2S/c1-21-14-16-32-29(18-21)30-19-22(15-17-33(30)38-32)23-8-2-5-11-26(23)31-20-36-34-27-12-6-3-9-24(27)25-10-4-7-13-28(25)35(34)37-31/h2-20H,1H3. The van der Waals surface area contributed by atoms with Crippen molar-refractivity contribution in [1.82, 2.24) is 9.97 Å². The fraction of sp³-hybridized carbons (Fsp3) is 0.0286. The van der Waals surface area contributed by atoms with Crippen LogP contribution >= 0.6 is 11.3 Å². The molecule has 2 heterocycles. The Hall–Kier alpha value is -4.60. The first kappa shape index (κ1) is 21.5. The van der Waals surface area contributed by atoms with E-state index in [0.29, 0.717) is 0 Å². The van der Waals surface area contributed by atoms with Crippen LogP contribution in [0.5, 0.6) is 0 Å². The summed E-state index contributed by atoms with van der Waals surface area (Å²) < 4.78 is 2.64. The summed E-state index contributed by atoms with van der Waals surface area (Å²) in [6, 6.07) is 39.1. The Morgan fingerprint density at radius 2 is 1.13 bits per heavy atom. The van der Waals surface area contributed by atoms with E-state index in [-0.39, 0.29) is 0 Å². The van der Waals surface area contributed by atoms with E-state index in [0.717, 1.165) is 33.1 Å². The number of hydrogen-bond donors (Lipinski definition) is 0. The maximum absolute atomic E-state index is 5.26. The quantitative estimate of drug-likeness (QED) is 0.220. The minimum atomic E-state index is 0.889. The highest BCUT2D eigenvalue weighted by Crippen LogP contribution is 2.40. The number of rotatable bonds is 2. The second-order valence-electron chi connectivity index (χ2n) is 9.90. The van der Waals surface area contributed by atoms with Gasteiger partial charge in [-0.25, -0.2) is 4.98 Å². The Kier molecular flexibility index (Phi) is 4.64. The lowest BCUT2D eigenvalue weighted by Gasteiger charge is -2.13. The van der Waals surface area contributed by atoms with Crippen LogP contribution in [0.2, 0.25) is 0 Å². The minimum absolute atomic E-state index is 0.889. The van der Waals surface area contributed by atoms with Crippen LogP contribution in [0, 0.1) is 6.92 Å². The van der Waals surface area contributed by atoms with Crippen molar-refractivity contribution in [1.29, 1.82) is 0 Å². The highest BCUT2D eigenvalue weighted by Gasteiger charge is 2.15. The number of aryl methyl sites for hydroxylation is 1. The van der Waals surface area contributed by atoms with Gasteiger partial charge < -0.3 is 0 Å². The molecule has 0 aliphatic heterocycles. The average molecular weight is 503 g/mol. The smallest absolute Gasteiger partial charge is 0.0979 e. The van der Waals surface area contributed by atoms with Crippen molar-refractivity contribution in [3.63, 3.8) is 0 Å². The van der Waals surface area contributed by atoms with Crippen LogP contribution < -0.4 is 0 Å². The van der Waals surface area contributed by atoms with Crippen molar-refractivity contribution in [3.8, 4) is 22.4 Å². The van der Waals surface area contributed by atoms with Gasteiger partial charge in [-0.3, -0.25) is 4.98 Å². The maximum atomic E-state index is 5.26. The number of thiophene rings is 1. The fourth-order valence-electron chi connectivity index (χ4n) is 5.77. The molecule has 8 rings (SSSR count). The summed E-state index contributed by atoms with van der Waals surface area (Å²) in [5.41, 5.74) is 7.52. The molecular formula is C35H22N2S. The molecule has 0 aliphatic carbocycles. The molecule has 0 fully saturated rings. The summed E-state index contributed by atoms with van der Waals surface area (Å²) in [6.07, 6.45) is 1.93. The second-order valence-corrected chi connectivity index (χ2v) is 11.0. The van der Waals surface area contributed by atoms with Crippen molar-refractivity contribution in [3.05, 3.63) is 121 Å². The largest absolute Gasteiger partial charge is 0.252 e. The molecule has 3 heteroatoms. The van der Waals surface area contributed by atoms with Gasteiger partial charge in [0.1, 0.15) is 0 Å². The van der Waals surface area contributed by atoms with Crippen LogP contribution in [-0.2, 0) is 0 Å². The number of hydrogen-bond acceptors (Lipinski definition) is 3. The van der Waals surface area contributed by atoms with Gasteiger partial charge in [0.15, 0.2) is 0 Å². The average Bonchev–Trinajstić information content (AvgIpc) is 3.34. The summed E-state index contributed by atoms with van der Waals surface area (Å²) >= 11 is 1.86. The first-order valence-electron chi connectivity index (χ1n) is 12.8. The molecular weight excluding hydrogens is 480 g/mol. The van der Waals surface area contributed by atoms with E-state index in [1.165, 1.54) is 47.6 Å². The molecule has 0 aliphatic rings. The van der Waals surface area contributed by atoms with Crippen molar-refractivity contribution < 1.29 is 0 Å². The van der Waals surface area contributed by atoms with E-state index < -0.39 is 0 Å². The van der Waals surface area contributed by atoms with Gasteiger partial charge in [-0.2, -0.15) is 0 Å². The summed E-state index contributed by atoms with van der Waals surface area (Å²) in [5.74, 6) is 0. The fourth-order valence-corrected chi connectivity index (χ4v) is 6.84. The first-order valence-corrected chi connectivity index (χ1v) is 13.7. The molecule has 6 aromatic carbocycles. The molecule has 0 saturated heterocycles. The number of nitrogens with zero attached hydrogens (tertiary/aromatic N) is 2. The van der Waals surface area contributed by atoms with E-state index in [2.05, 4.69) is 116 Å². The molecule has 0 N–H and O–H groups in total. The molecule has 178 valence electrons. The van der Waals surface area contributed by atoms with Gasteiger partial charge in [-0.15, -0.1) is 11.3 Å². The van der Waals surface area contributed by atoms with Crippen LogP contribution in [-0.4, -0.2) is 9.97 Å². The molecule has 2 aromatic heterocycles. The number of aromatic nitrogens is 2. The molecule has 0 atom stereocenters. The van der Waals surface area contributed by atoms with E-state index >= 15 is 0 Å². The van der Waals surface area contributed by atoms with Crippen LogP contribution in [0.25, 0.3) is 75.1 Å². The predicted octanol–water partition coefficient (Wildman–Crippen LogP) is 9.95. The molecule has 0 amide bonds. The van der Waals surface area contributed by atoms with E-state index in [4.69, 9.17) is 9.97 Å². The lowest BCUT2D eigenvalue weighted by Crippen LogP contribution is -1.93. The van der Waals surface area contributed by atoms with E-state index in [1.807, 2.05) is 17.5 Å². The van der Waals surface area contributed by atoms with Crippen LogP contribution in [0.3, 0.4) is 0 Å². The van der Waals surface area contributed by atoms with E-state index in [9.17, 15) is 0 Å². The number of fused-ring (bicyclic) bond motifs is 9. The Bertz CT molecular complexity index is 2170. The highest BCUT2D eigenvalue weighted by molar-refractivity contribution is 7.25. The zero-order valence-electron chi connectivity index (χ0n) is 20.8. The van der Waals surface area contributed by atoms with Gasteiger partial charge in [0.25, 0.3) is 0 Å². The Morgan fingerprint density at radius 3 is 1.89 bits per heavy atom. The molecule has 0 bridgehead atoms. The SMILES string of the molecule is Cc1ccc2sc3ccc(-c4ccccc4-c4cnc5c6ccccc6c6ccccc6c5n4)cc3c2c1. The van der Waals surface area contributed by atoms with Crippen LogP contribution in [0.15, 0.2) is 115 Å². The number of benzene rings is 6. The predicted molar refractivity (Wildman–Crippen MR) is 163 cm³/mol. The third kappa shape index (κ3) is 3.19. The molecule has 0 saturated carbocycles. The lowest BCUT2D eigenvalue weighted by atomic mass is 9.95. The van der Waals surface area contributed by atoms with Crippen LogP contribution in [0.1, 0.15) is 5.56 Å². The van der Waals surface area contributed by atoms with E-state index in [1.54, 1.807) is 0 Å². The lowest BCUT2D eigenvalue weighted by molar-refractivity contribution is 1.31. The topological polar surface area (TPSA) is 25.8 Å². The summed E-state index contributed by atoms with van der Waals surface area (Å²) in [7, 11) is 0. The first-order chi connectivity index (χ1) is 18.7. The van der Waals surface area contributed by atoms with Gasteiger partial charge >= 0.3 is 0 Å². The third-order valence-corrected chi connectivity index (χ3v) is 8.72. The van der Waals surface area contributed by atoms with Gasteiger partial charge in [-0.1, -0.05) is 90.5 Å². The monoisotopic (exact) mass is 502 g/mol. The molecule has 2 nitrogen and oxygen atoms in total. The maximum Gasteiger partial charge on any atom is 0.0979 e. The molecule has 38 heavy (non-hydrogen) atoms. The van der Waals surface area contributed by atoms with Crippen molar-refractivity contribution in [2.24, 2.45) is 0 Å². The van der Waals surface area contributed by atoms with Crippen molar-refractivity contribution in [2.45, 2.75) is 6.92 Å². The summed E-state index contributed by atoms with van der Waals surface area (Å²) in [6.45, 7) is 2.16. The van der Waals surface area contributed by atoms with Crippen molar-refractivity contribution >= 4 is 64.1 Å². The minimum Gasteiger partial charge on any atom is -0.252 e. The highest BCUT2D eigenvalue weighted by atomic mass is 32.1. The molecule has 8 aromatic rings. The molecule has 0 spiro atoms. The zero-order valence-corrected chi connectivity index (χ0v) is 21.6. The zero-order chi connectivity index (χ0) is 25.2. The Labute approximate surface area is 223 Å². The normalized spacial score (nSPS) is 11.8. The van der Waals surface area contributed by atoms with Gasteiger partial charge in [0.05, 0.1) is 22.9 Å². The van der Waals surface area contributed by atoms with Gasteiger partial charge in [0, 0.05) is 36.5 Å². The Morgan fingerprint density at radius 1 is 0.526 bits per heavy atom. The van der Waals surface area contributed by atoms with Crippen LogP contribution in [0.4, 0.5) is 0 Å². The van der Waals surface area contributed by atoms with Gasteiger partial charge in [-0.05, 0) is 53.1 Å².